The van der Waals surface area contributed by atoms with Crippen molar-refractivity contribution in [2.75, 3.05) is 25.1 Å². The van der Waals surface area contributed by atoms with Gasteiger partial charge in [-0.1, -0.05) is 22.0 Å². The summed E-state index contributed by atoms with van der Waals surface area (Å²) in [5, 5.41) is 0. The van der Waals surface area contributed by atoms with E-state index in [1.807, 2.05) is 17.8 Å². The van der Waals surface area contributed by atoms with Crippen molar-refractivity contribution in [2.45, 2.75) is 18.5 Å². The average Bonchev–Trinajstić information content (AvgIpc) is 2.39. The van der Waals surface area contributed by atoms with E-state index in [9.17, 15) is 4.39 Å². The van der Waals surface area contributed by atoms with Gasteiger partial charge in [-0.05, 0) is 31.2 Å². The molecule has 1 heterocycles. The molecule has 2 unspecified atom stereocenters. The molecule has 0 aromatic heterocycles. The van der Waals surface area contributed by atoms with Crippen LogP contribution in [0.1, 0.15) is 5.56 Å². The van der Waals surface area contributed by atoms with Crippen LogP contribution in [0.2, 0.25) is 0 Å². The largest absolute Gasteiger partial charge is 0.300 e. The highest BCUT2D eigenvalue weighted by Gasteiger charge is 2.27. The average molecular weight is 348 g/mol. The Labute approximate surface area is 126 Å². The van der Waals surface area contributed by atoms with Gasteiger partial charge in [0.25, 0.3) is 0 Å². The summed E-state index contributed by atoms with van der Waals surface area (Å²) in [5.74, 6) is 7.74. The SMILES string of the molecule is CN1CCSCC1C(Cc1ccc(F)cc1Br)NN. The van der Waals surface area contributed by atoms with Gasteiger partial charge in [0.15, 0.2) is 0 Å². The van der Waals surface area contributed by atoms with Gasteiger partial charge in [-0.25, -0.2) is 4.39 Å². The van der Waals surface area contributed by atoms with E-state index in [0.29, 0.717) is 6.04 Å². The molecular formula is C13H19BrFN3S. The number of rotatable bonds is 4. The van der Waals surface area contributed by atoms with Gasteiger partial charge in [-0.3, -0.25) is 11.3 Å². The van der Waals surface area contributed by atoms with Crippen molar-refractivity contribution < 1.29 is 4.39 Å². The number of nitrogens with two attached hydrogens (primary N) is 1. The second-order valence-corrected chi connectivity index (χ2v) is 6.84. The number of hydrogen-bond acceptors (Lipinski definition) is 4. The van der Waals surface area contributed by atoms with Crippen LogP contribution in [0.4, 0.5) is 4.39 Å². The van der Waals surface area contributed by atoms with Crippen molar-refractivity contribution in [3.8, 4) is 0 Å². The van der Waals surface area contributed by atoms with E-state index in [1.54, 1.807) is 0 Å². The summed E-state index contributed by atoms with van der Waals surface area (Å²) >= 11 is 5.38. The maximum absolute atomic E-state index is 13.1. The van der Waals surface area contributed by atoms with Crippen molar-refractivity contribution >= 4 is 27.7 Å². The van der Waals surface area contributed by atoms with E-state index < -0.39 is 0 Å². The molecule has 2 atom stereocenters. The quantitative estimate of drug-likeness (QED) is 0.645. The molecule has 19 heavy (non-hydrogen) atoms. The first-order chi connectivity index (χ1) is 9.11. The smallest absolute Gasteiger partial charge is 0.124 e. The zero-order valence-corrected chi connectivity index (χ0v) is 13.3. The Morgan fingerprint density at radius 1 is 1.63 bits per heavy atom. The van der Waals surface area contributed by atoms with Crippen molar-refractivity contribution in [1.82, 2.24) is 10.3 Å². The molecule has 2 rings (SSSR count). The summed E-state index contributed by atoms with van der Waals surface area (Å²) in [6.45, 7) is 1.08. The number of thioether (sulfide) groups is 1. The number of benzene rings is 1. The molecule has 106 valence electrons. The van der Waals surface area contributed by atoms with Gasteiger partial charge in [0.1, 0.15) is 5.82 Å². The standard InChI is InChI=1S/C13H19BrFN3S/c1-18-4-5-19-8-13(18)12(17-16)6-9-2-3-10(15)7-11(9)14/h2-3,7,12-13,17H,4-6,8,16H2,1H3. The molecule has 1 aromatic rings. The van der Waals surface area contributed by atoms with Crippen LogP contribution in [0, 0.1) is 5.82 Å². The van der Waals surface area contributed by atoms with Crippen molar-refractivity contribution in [3.05, 3.63) is 34.1 Å². The van der Waals surface area contributed by atoms with E-state index in [0.717, 1.165) is 28.8 Å². The Hall–Kier alpha value is -0.140. The van der Waals surface area contributed by atoms with Crippen LogP contribution in [0.15, 0.2) is 22.7 Å². The van der Waals surface area contributed by atoms with E-state index >= 15 is 0 Å². The van der Waals surface area contributed by atoms with E-state index in [1.165, 1.54) is 17.9 Å². The fourth-order valence-electron chi connectivity index (χ4n) is 2.36. The van der Waals surface area contributed by atoms with E-state index in [4.69, 9.17) is 5.84 Å². The Balaban J connectivity index is 2.09. The minimum absolute atomic E-state index is 0.166. The van der Waals surface area contributed by atoms with E-state index in [2.05, 4.69) is 33.3 Å². The van der Waals surface area contributed by atoms with Crippen molar-refractivity contribution in [3.63, 3.8) is 0 Å². The monoisotopic (exact) mass is 347 g/mol. The van der Waals surface area contributed by atoms with E-state index in [-0.39, 0.29) is 11.9 Å². The van der Waals surface area contributed by atoms with Crippen LogP contribution in [0.3, 0.4) is 0 Å². The third kappa shape index (κ3) is 3.92. The van der Waals surface area contributed by atoms with Gasteiger partial charge < -0.3 is 4.90 Å². The molecule has 1 saturated heterocycles. The van der Waals surface area contributed by atoms with Crippen LogP contribution in [-0.4, -0.2) is 42.1 Å². The molecule has 1 aliphatic rings. The summed E-state index contributed by atoms with van der Waals surface area (Å²) < 4.78 is 13.9. The lowest BCUT2D eigenvalue weighted by molar-refractivity contribution is 0.214. The first-order valence-electron chi connectivity index (χ1n) is 6.30. The maximum atomic E-state index is 13.1. The lowest BCUT2D eigenvalue weighted by Crippen LogP contribution is -2.55. The summed E-state index contributed by atoms with van der Waals surface area (Å²) in [6.07, 6.45) is 0.785. The van der Waals surface area contributed by atoms with Gasteiger partial charge >= 0.3 is 0 Å². The van der Waals surface area contributed by atoms with Crippen LogP contribution < -0.4 is 11.3 Å². The first kappa shape index (κ1) is 15.3. The highest BCUT2D eigenvalue weighted by molar-refractivity contribution is 9.10. The molecular weight excluding hydrogens is 329 g/mol. The molecule has 3 nitrogen and oxygen atoms in total. The van der Waals surface area contributed by atoms with Gasteiger partial charge in [0.2, 0.25) is 0 Å². The number of likely N-dealkylation sites (N-methyl/N-ethyl adjacent to an activating group) is 1. The normalized spacial score (nSPS) is 22.4. The predicted octanol–water partition coefficient (Wildman–Crippen LogP) is 2.01. The Kier molecular flexibility index (Phi) is 5.65. The molecule has 3 N–H and O–H groups in total. The molecule has 0 spiro atoms. The zero-order valence-electron chi connectivity index (χ0n) is 10.9. The zero-order chi connectivity index (χ0) is 13.8. The minimum Gasteiger partial charge on any atom is -0.300 e. The van der Waals surface area contributed by atoms with Crippen LogP contribution in [-0.2, 0) is 6.42 Å². The Morgan fingerprint density at radius 3 is 3.05 bits per heavy atom. The molecule has 0 saturated carbocycles. The number of nitrogens with one attached hydrogen (secondary N) is 1. The molecule has 6 heteroatoms. The second kappa shape index (κ2) is 7.04. The van der Waals surface area contributed by atoms with Crippen molar-refractivity contribution in [2.24, 2.45) is 5.84 Å². The minimum atomic E-state index is -0.224. The number of halogens is 2. The summed E-state index contributed by atoms with van der Waals surface area (Å²) in [6, 6.07) is 5.38. The van der Waals surface area contributed by atoms with Gasteiger partial charge in [0, 0.05) is 34.6 Å². The maximum Gasteiger partial charge on any atom is 0.124 e. The molecule has 0 amide bonds. The Morgan fingerprint density at radius 2 is 2.42 bits per heavy atom. The van der Waals surface area contributed by atoms with Crippen LogP contribution >= 0.6 is 27.7 Å². The predicted molar refractivity (Wildman–Crippen MR) is 82.7 cm³/mol. The molecule has 1 aromatic carbocycles. The van der Waals surface area contributed by atoms with Crippen molar-refractivity contribution in [1.29, 1.82) is 0 Å². The van der Waals surface area contributed by atoms with Crippen LogP contribution in [0.25, 0.3) is 0 Å². The molecule has 1 aliphatic heterocycles. The fraction of sp³-hybridized carbons (Fsp3) is 0.538. The molecule has 0 bridgehead atoms. The van der Waals surface area contributed by atoms with Gasteiger partial charge in [-0.15, -0.1) is 0 Å². The Bertz CT molecular complexity index is 432. The molecule has 0 aliphatic carbocycles. The fourth-order valence-corrected chi connectivity index (χ4v) is 4.18. The molecule has 1 fully saturated rings. The number of hydrazine groups is 1. The lowest BCUT2D eigenvalue weighted by atomic mass is 10.00. The third-order valence-electron chi connectivity index (χ3n) is 3.58. The molecule has 0 radical (unpaired) electrons. The lowest BCUT2D eigenvalue weighted by Gasteiger charge is -2.37. The third-order valence-corrected chi connectivity index (χ3v) is 5.36. The highest BCUT2D eigenvalue weighted by Crippen LogP contribution is 2.23. The summed E-state index contributed by atoms with van der Waals surface area (Å²) in [5.41, 5.74) is 4.00. The topological polar surface area (TPSA) is 41.3 Å². The first-order valence-corrected chi connectivity index (χ1v) is 8.24. The summed E-state index contributed by atoms with van der Waals surface area (Å²) in [4.78, 5) is 2.35. The van der Waals surface area contributed by atoms with Gasteiger partial charge in [0.05, 0.1) is 0 Å². The summed E-state index contributed by atoms with van der Waals surface area (Å²) in [7, 11) is 2.13. The number of hydrogen-bond donors (Lipinski definition) is 2. The van der Waals surface area contributed by atoms with Crippen LogP contribution in [0.5, 0.6) is 0 Å². The number of nitrogens with zero attached hydrogens (tertiary/aromatic N) is 1. The second-order valence-electron chi connectivity index (χ2n) is 4.84. The van der Waals surface area contributed by atoms with Gasteiger partial charge in [-0.2, -0.15) is 11.8 Å². The highest BCUT2D eigenvalue weighted by atomic mass is 79.9.